The number of nitrogens with one attached hydrogen (secondary N) is 1. The van der Waals surface area contributed by atoms with Crippen LogP contribution in [0.15, 0.2) is 0 Å². The third kappa shape index (κ3) is 2.78. The highest BCUT2D eigenvalue weighted by Gasteiger charge is 2.32. The van der Waals surface area contributed by atoms with Gasteiger partial charge in [-0.1, -0.05) is 20.3 Å². The largest absolute Gasteiger partial charge is 0.380 e. The summed E-state index contributed by atoms with van der Waals surface area (Å²) >= 11 is 0. The minimum atomic E-state index is 0.462. The molecule has 2 aliphatic rings. The summed E-state index contributed by atoms with van der Waals surface area (Å²) < 4.78 is 5.56. The molecule has 0 aromatic carbocycles. The van der Waals surface area contributed by atoms with Gasteiger partial charge in [0.25, 0.3) is 0 Å². The number of hydrogen-bond donors (Lipinski definition) is 1. The molecule has 2 rings (SSSR count). The Morgan fingerprint density at radius 3 is 2.56 bits per heavy atom. The molecule has 0 aromatic heterocycles. The molecule has 16 heavy (non-hydrogen) atoms. The molecule has 2 saturated carbocycles. The van der Waals surface area contributed by atoms with Gasteiger partial charge in [0.15, 0.2) is 0 Å². The molecule has 0 radical (unpaired) electrons. The van der Waals surface area contributed by atoms with E-state index in [0.717, 1.165) is 17.9 Å². The molecule has 5 unspecified atom stereocenters. The first kappa shape index (κ1) is 12.4. The van der Waals surface area contributed by atoms with Crippen molar-refractivity contribution in [2.75, 3.05) is 7.11 Å². The third-order valence-electron chi connectivity index (χ3n) is 4.64. The van der Waals surface area contributed by atoms with Crippen LogP contribution in [0.4, 0.5) is 0 Å². The summed E-state index contributed by atoms with van der Waals surface area (Å²) in [6, 6.07) is 1.34. The van der Waals surface area contributed by atoms with E-state index in [1.807, 2.05) is 7.11 Å². The van der Waals surface area contributed by atoms with E-state index in [1.54, 1.807) is 0 Å². The molecular weight excluding hydrogens is 198 g/mol. The van der Waals surface area contributed by atoms with Gasteiger partial charge in [0.2, 0.25) is 0 Å². The van der Waals surface area contributed by atoms with Gasteiger partial charge in [-0.05, 0) is 43.9 Å². The Morgan fingerprint density at radius 1 is 1.00 bits per heavy atom. The van der Waals surface area contributed by atoms with Gasteiger partial charge < -0.3 is 10.1 Å². The zero-order chi connectivity index (χ0) is 11.5. The molecule has 2 nitrogen and oxygen atoms in total. The van der Waals surface area contributed by atoms with Gasteiger partial charge in [-0.25, -0.2) is 0 Å². The fourth-order valence-electron chi connectivity index (χ4n) is 3.44. The number of ether oxygens (including phenoxy) is 1. The maximum atomic E-state index is 5.56. The molecule has 94 valence electrons. The van der Waals surface area contributed by atoms with Gasteiger partial charge in [-0.3, -0.25) is 0 Å². The minimum Gasteiger partial charge on any atom is -0.380 e. The lowest BCUT2D eigenvalue weighted by Crippen LogP contribution is -2.48. The Bertz CT molecular complexity index is 219. The summed E-state index contributed by atoms with van der Waals surface area (Å²) in [4.78, 5) is 0. The van der Waals surface area contributed by atoms with E-state index in [9.17, 15) is 0 Å². The van der Waals surface area contributed by atoms with Crippen molar-refractivity contribution < 1.29 is 4.74 Å². The molecular formula is C14H27NO. The average Bonchev–Trinajstić information content (AvgIpc) is 2.71. The SMILES string of the molecule is COC1CCCC1NC1CC(C)CCC1C. The third-order valence-corrected chi connectivity index (χ3v) is 4.64. The zero-order valence-electron chi connectivity index (χ0n) is 11.0. The van der Waals surface area contributed by atoms with E-state index in [1.165, 1.54) is 38.5 Å². The average molecular weight is 225 g/mol. The number of methoxy groups -OCH3 is 1. The Hall–Kier alpha value is -0.0800. The molecule has 5 atom stereocenters. The van der Waals surface area contributed by atoms with Crippen molar-refractivity contribution in [1.29, 1.82) is 0 Å². The highest BCUT2D eigenvalue weighted by Crippen LogP contribution is 2.30. The molecule has 2 fully saturated rings. The summed E-state index contributed by atoms with van der Waals surface area (Å²) in [6.45, 7) is 4.79. The minimum absolute atomic E-state index is 0.462. The Morgan fingerprint density at radius 2 is 1.81 bits per heavy atom. The maximum absolute atomic E-state index is 5.56. The van der Waals surface area contributed by atoms with Crippen LogP contribution in [0, 0.1) is 11.8 Å². The topological polar surface area (TPSA) is 21.3 Å². The van der Waals surface area contributed by atoms with Crippen molar-refractivity contribution >= 4 is 0 Å². The van der Waals surface area contributed by atoms with Crippen LogP contribution in [-0.4, -0.2) is 25.3 Å². The van der Waals surface area contributed by atoms with Gasteiger partial charge in [0.05, 0.1) is 6.10 Å². The molecule has 0 saturated heterocycles. The van der Waals surface area contributed by atoms with Gasteiger partial charge in [0.1, 0.15) is 0 Å². The van der Waals surface area contributed by atoms with Gasteiger partial charge in [0, 0.05) is 19.2 Å². The van der Waals surface area contributed by atoms with Crippen LogP contribution in [0.2, 0.25) is 0 Å². The number of rotatable bonds is 3. The van der Waals surface area contributed by atoms with Crippen molar-refractivity contribution in [3.05, 3.63) is 0 Å². The second-order valence-electron chi connectivity index (χ2n) is 5.98. The second-order valence-corrected chi connectivity index (χ2v) is 5.98. The number of hydrogen-bond acceptors (Lipinski definition) is 2. The summed E-state index contributed by atoms with van der Waals surface area (Å²) in [5, 5.41) is 3.87. The van der Waals surface area contributed by atoms with Crippen molar-refractivity contribution in [1.82, 2.24) is 5.32 Å². The van der Waals surface area contributed by atoms with E-state index in [2.05, 4.69) is 19.2 Å². The fourth-order valence-corrected chi connectivity index (χ4v) is 3.44. The smallest absolute Gasteiger partial charge is 0.0724 e. The summed E-state index contributed by atoms with van der Waals surface area (Å²) in [5.74, 6) is 1.74. The molecule has 0 heterocycles. The lowest BCUT2D eigenvalue weighted by molar-refractivity contribution is 0.0726. The van der Waals surface area contributed by atoms with Crippen LogP contribution in [0.3, 0.4) is 0 Å². The first-order chi connectivity index (χ1) is 7.70. The van der Waals surface area contributed by atoms with Crippen LogP contribution >= 0.6 is 0 Å². The molecule has 0 aromatic rings. The Balaban J connectivity index is 1.87. The van der Waals surface area contributed by atoms with Crippen LogP contribution < -0.4 is 5.32 Å². The van der Waals surface area contributed by atoms with Crippen LogP contribution in [-0.2, 0) is 4.74 Å². The first-order valence-corrected chi connectivity index (χ1v) is 6.99. The first-order valence-electron chi connectivity index (χ1n) is 6.99. The molecule has 0 spiro atoms. The zero-order valence-corrected chi connectivity index (χ0v) is 11.0. The molecule has 0 aliphatic heterocycles. The maximum Gasteiger partial charge on any atom is 0.0724 e. The van der Waals surface area contributed by atoms with Crippen molar-refractivity contribution in [2.45, 2.75) is 70.6 Å². The molecule has 0 amide bonds. The Labute approximate surface area is 100 Å². The molecule has 2 aliphatic carbocycles. The molecule has 2 heteroatoms. The summed E-state index contributed by atoms with van der Waals surface area (Å²) in [6.07, 6.45) is 8.49. The monoisotopic (exact) mass is 225 g/mol. The normalized spacial score (nSPS) is 44.8. The van der Waals surface area contributed by atoms with E-state index in [-0.39, 0.29) is 0 Å². The van der Waals surface area contributed by atoms with Gasteiger partial charge >= 0.3 is 0 Å². The predicted octanol–water partition coefficient (Wildman–Crippen LogP) is 2.97. The van der Waals surface area contributed by atoms with Crippen LogP contribution in [0.5, 0.6) is 0 Å². The summed E-state index contributed by atoms with van der Waals surface area (Å²) in [7, 11) is 1.86. The van der Waals surface area contributed by atoms with Crippen molar-refractivity contribution in [3.8, 4) is 0 Å². The van der Waals surface area contributed by atoms with Crippen LogP contribution in [0.25, 0.3) is 0 Å². The highest BCUT2D eigenvalue weighted by molar-refractivity contribution is 4.90. The van der Waals surface area contributed by atoms with Crippen molar-refractivity contribution in [3.63, 3.8) is 0 Å². The van der Waals surface area contributed by atoms with Gasteiger partial charge in [-0.2, -0.15) is 0 Å². The quantitative estimate of drug-likeness (QED) is 0.797. The van der Waals surface area contributed by atoms with E-state index in [4.69, 9.17) is 4.74 Å². The second kappa shape index (κ2) is 5.50. The van der Waals surface area contributed by atoms with Crippen LogP contribution in [0.1, 0.15) is 52.4 Å². The van der Waals surface area contributed by atoms with Crippen molar-refractivity contribution in [2.24, 2.45) is 11.8 Å². The fraction of sp³-hybridized carbons (Fsp3) is 1.00. The van der Waals surface area contributed by atoms with E-state index < -0.39 is 0 Å². The molecule has 0 bridgehead atoms. The lowest BCUT2D eigenvalue weighted by Gasteiger charge is -2.36. The predicted molar refractivity (Wildman–Crippen MR) is 67.5 cm³/mol. The van der Waals surface area contributed by atoms with Gasteiger partial charge in [-0.15, -0.1) is 0 Å². The molecule has 1 N–H and O–H groups in total. The lowest BCUT2D eigenvalue weighted by atomic mass is 9.79. The van der Waals surface area contributed by atoms with E-state index >= 15 is 0 Å². The standard InChI is InChI=1S/C14H27NO/c1-10-7-8-11(2)13(9-10)15-12-5-4-6-14(12)16-3/h10-15H,4-9H2,1-3H3. The highest BCUT2D eigenvalue weighted by atomic mass is 16.5. The Kier molecular flexibility index (Phi) is 4.26. The van der Waals surface area contributed by atoms with E-state index in [0.29, 0.717) is 12.1 Å². The summed E-state index contributed by atoms with van der Waals surface area (Å²) in [5.41, 5.74) is 0.